The smallest absolute Gasteiger partial charge is 0.251 e. The van der Waals surface area contributed by atoms with Gasteiger partial charge >= 0.3 is 0 Å². The van der Waals surface area contributed by atoms with E-state index in [0.717, 1.165) is 51.4 Å². The van der Waals surface area contributed by atoms with E-state index in [9.17, 15) is 23.1 Å². The van der Waals surface area contributed by atoms with E-state index in [0.29, 0.717) is 13.0 Å². The number of methoxy groups -OCH3 is 1. The minimum atomic E-state index is -3.71. The first-order chi connectivity index (χ1) is 23.8. The number of benzene rings is 4. The Balaban J connectivity index is 1.50. The first-order valence-corrected chi connectivity index (χ1v) is 18.5. The van der Waals surface area contributed by atoms with Gasteiger partial charge in [-0.3, -0.25) is 13.9 Å². The average molecular weight is 701 g/mol. The van der Waals surface area contributed by atoms with Crippen molar-refractivity contribution in [3.8, 4) is 5.75 Å². The van der Waals surface area contributed by atoms with Crippen molar-refractivity contribution in [2.45, 2.75) is 51.3 Å². The van der Waals surface area contributed by atoms with Gasteiger partial charge in [-0.25, -0.2) is 8.42 Å². The molecule has 0 fully saturated rings. The summed E-state index contributed by atoms with van der Waals surface area (Å²) in [5.41, 5.74) is 4.42. The molecule has 0 heterocycles. The van der Waals surface area contributed by atoms with Crippen LogP contribution in [0, 0.1) is 6.92 Å². The molecule has 4 rings (SSSR count). The third-order valence-electron chi connectivity index (χ3n) is 8.67. The number of amides is 2. The molecule has 266 valence electrons. The number of nitrogens with one attached hydrogen (secondary N) is 3. The first kappa shape index (κ1) is 38.1. The van der Waals surface area contributed by atoms with E-state index < -0.39 is 34.0 Å². The lowest BCUT2D eigenvalue weighted by atomic mass is 9.99. The summed E-state index contributed by atoms with van der Waals surface area (Å²) in [6.45, 7) is 4.73. The Kier molecular flexibility index (Phi) is 13.6. The molecule has 0 aromatic heterocycles. The molecule has 4 N–H and O–H groups in total. The van der Waals surface area contributed by atoms with Crippen LogP contribution in [0.1, 0.15) is 62.4 Å². The molecule has 0 aliphatic rings. The van der Waals surface area contributed by atoms with Gasteiger partial charge in [0.05, 0.1) is 37.2 Å². The predicted octanol–water partition coefficient (Wildman–Crippen LogP) is 4.81. The Morgan fingerprint density at radius 1 is 0.860 bits per heavy atom. The van der Waals surface area contributed by atoms with Crippen LogP contribution in [0.4, 0.5) is 5.69 Å². The van der Waals surface area contributed by atoms with Gasteiger partial charge < -0.3 is 25.8 Å². The zero-order chi connectivity index (χ0) is 36.3. The molecule has 0 radical (unpaired) electrons. The number of sulfonamides is 1. The summed E-state index contributed by atoms with van der Waals surface area (Å²) >= 11 is 0. The van der Waals surface area contributed by atoms with E-state index in [-0.39, 0.29) is 29.4 Å². The van der Waals surface area contributed by atoms with E-state index in [4.69, 9.17) is 4.74 Å². The Morgan fingerprint density at radius 2 is 1.48 bits per heavy atom. The Bertz CT molecular complexity index is 1840. The van der Waals surface area contributed by atoms with Crippen LogP contribution in [0.2, 0.25) is 0 Å². The lowest BCUT2D eigenvalue weighted by Gasteiger charge is -2.25. The van der Waals surface area contributed by atoms with Crippen LogP contribution in [0.15, 0.2) is 97.1 Å². The van der Waals surface area contributed by atoms with Gasteiger partial charge in [0.1, 0.15) is 5.75 Å². The van der Waals surface area contributed by atoms with Crippen LogP contribution in [0.3, 0.4) is 0 Å². The number of rotatable bonds is 17. The number of hydrogen-bond donors (Lipinski definition) is 4. The molecule has 0 saturated carbocycles. The second kappa shape index (κ2) is 17.8. The van der Waals surface area contributed by atoms with Crippen LogP contribution in [0.25, 0.3) is 0 Å². The molecule has 4 aromatic rings. The summed E-state index contributed by atoms with van der Waals surface area (Å²) in [6, 6.07) is 28.4. The van der Waals surface area contributed by atoms with Gasteiger partial charge in [-0.1, -0.05) is 72.8 Å². The normalized spacial score (nSPS) is 13.2. The Hall–Kier alpha value is -4.71. The first-order valence-electron chi connectivity index (χ1n) is 16.7. The van der Waals surface area contributed by atoms with Gasteiger partial charge in [-0.2, -0.15) is 0 Å². The van der Waals surface area contributed by atoms with E-state index in [1.807, 2.05) is 86.6 Å². The number of carbonyl (C=O) groups excluding carboxylic acids is 2. The van der Waals surface area contributed by atoms with Crippen molar-refractivity contribution in [2.75, 3.05) is 37.8 Å². The summed E-state index contributed by atoms with van der Waals surface area (Å²) in [7, 11) is -0.682. The summed E-state index contributed by atoms with van der Waals surface area (Å²) in [4.78, 5) is 27.3. The van der Waals surface area contributed by atoms with Crippen LogP contribution in [-0.2, 0) is 22.9 Å². The zero-order valence-electron chi connectivity index (χ0n) is 29.3. The number of ether oxygens (including phenoxy) is 1. The van der Waals surface area contributed by atoms with Crippen molar-refractivity contribution in [2.24, 2.45) is 0 Å². The molecular formula is C39H48N4O6S. The summed E-state index contributed by atoms with van der Waals surface area (Å²) in [5, 5.41) is 20.5. The summed E-state index contributed by atoms with van der Waals surface area (Å²) in [5.74, 6) is -0.158. The van der Waals surface area contributed by atoms with E-state index in [1.165, 1.54) is 25.2 Å². The zero-order valence-corrected chi connectivity index (χ0v) is 30.2. The SMILES string of the molecule is COc1cc(CCCNCC(O)C(Cc2ccccc2)NC(=O)c2cc(C(=O)NC(C)c3ccccc3)cc(N(C)S(C)(=O)=O)c2)ccc1C. The number of hydrogen-bond acceptors (Lipinski definition) is 7. The van der Waals surface area contributed by atoms with Crippen LogP contribution in [0.5, 0.6) is 5.75 Å². The lowest BCUT2D eigenvalue weighted by molar-refractivity contribution is 0.0831. The van der Waals surface area contributed by atoms with Crippen molar-refractivity contribution in [3.63, 3.8) is 0 Å². The second-order valence-corrected chi connectivity index (χ2v) is 14.6. The van der Waals surface area contributed by atoms with Crippen molar-refractivity contribution in [1.82, 2.24) is 16.0 Å². The number of aliphatic hydroxyl groups excluding tert-OH is 1. The van der Waals surface area contributed by atoms with Crippen molar-refractivity contribution in [1.29, 1.82) is 0 Å². The van der Waals surface area contributed by atoms with Gasteiger partial charge in [0.2, 0.25) is 10.0 Å². The highest BCUT2D eigenvalue weighted by atomic mass is 32.2. The van der Waals surface area contributed by atoms with E-state index in [1.54, 1.807) is 7.11 Å². The molecule has 4 aromatic carbocycles. The Labute approximate surface area is 295 Å². The maximum absolute atomic E-state index is 13.8. The fourth-order valence-electron chi connectivity index (χ4n) is 5.58. The average Bonchev–Trinajstić information content (AvgIpc) is 3.11. The largest absolute Gasteiger partial charge is 0.496 e. The quantitative estimate of drug-likeness (QED) is 0.116. The minimum Gasteiger partial charge on any atom is -0.496 e. The highest BCUT2D eigenvalue weighted by molar-refractivity contribution is 7.92. The molecule has 3 atom stereocenters. The number of anilines is 1. The van der Waals surface area contributed by atoms with Gasteiger partial charge in [0.15, 0.2) is 0 Å². The molecule has 0 bridgehead atoms. The maximum atomic E-state index is 13.8. The summed E-state index contributed by atoms with van der Waals surface area (Å²) < 4.78 is 31.4. The topological polar surface area (TPSA) is 137 Å². The number of nitrogens with zero attached hydrogens (tertiary/aromatic N) is 1. The second-order valence-electron chi connectivity index (χ2n) is 12.6. The van der Waals surface area contributed by atoms with Crippen molar-refractivity contribution < 1.29 is 27.9 Å². The monoisotopic (exact) mass is 700 g/mol. The fraction of sp³-hybridized carbons (Fsp3) is 0.333. The fourth-order valence-corrected chi connectivity index (χ4v) is 6.07. The number of aliphatic hydroxyl groups is 1. The standard InChI is InChI=1S/C39H48N4O6S/c1-27-18-19-30(22-37(27)49-4)15-12-20-40-26-36(44)35(21-29-13-8-6-9-14-29)42-39(46)33-23-32(24-34(25-33)43(3)50(5,47)48)38(45)41-28(2)31-16-10-7-11-17-31/h6-11,13-14,16-19,22-25,28,35-36,40,44H,12,15,20-21,26H2,1-5H3,(H,41,45)(H,42,46). The molecule has 2 amide bonds. The third kappa shape index (κ3) is 10.9. The van der Waals surface area contributed by atoms with Gasteiger partial charge in [-0.05, 0) is 86.2 Å². The highest BCUT2D eigenvalue weighted by Gasteiger charge is 2.25. The van der Waals surface area contributed by atoms with Crippen LogP contribution in [-0.4, -0.2) is 71.0 Å². The summed E-state index contributed by atoms with van der Waals surface area (Å²) in [6.07, 6.45) is 2.12. The molecule has 50 heavy (non-hydrogen) atoms. The molecular weight excluding hydrogens is 653 g/mol. The molecule has 10 nitrogen and oxygen atoms in total. The van der Waals surface area contributed by atoms with Gasteiger partial charge in [0.25, 0.3) is 11.8 Å². The minimum absolute atomic E-state index is 0.0854. The maximum Gasteiger partial charge on any atom is 0.251 e. The van der Waals surface area contributed by atoms with Crippen molar-refractivity contribution >= 4 is 27.5 Å². The lowest BCUT2D eigenvalue weighted by Crippen LogP contribution is -2.49. The van der Waals surface area contributed by atoms with Crippen LogP contribution < -0.4 is 25.0 Å². The molecule has 3 unspecified atom stereocenters. The number of aryl methyl sites for hydroxylation is 2. The van der Waals surface area contributed by atoms with E-state index >= 15 is 0 Å². The molecule has 0 spiro atoms. The highest BCUT2D eigenvalue weighted by Crippen LogP contribution is 2.23. The molecule has 0 aliphatic carbocycles. The third-order valence-corrected chi connectivity index (χ3v) is 9.88. The van der Waals surface area contributed by atoms with Gasteiger partial charge in [0, 0.05) is 24.7 Å². The van der Waals surface area contributed by atoms with E-state index in [2.05, 4.69) is 22.0 Å². The molecule has 0 saturated heterocycles. The van der Waals surface area contributed by atoms with Crippen LogP contribution >= 0.6 is 0 Å². The predicted molar refractivity (Wildman–Crippen MR) is 198 cm³/mol. The number of carbonyl (C=O) groups is 2. The molecule has 11 heteroatoms. The van der Waals surface area contributed by atoms with Crippen molar-refractivity contribution in [3.05, 3.63) is 130 Å². The Morgan fingerprint density at radius 3 is 2.10 bits per heavy atom. The molecule has 0 aliphatic heterocycles. The van der Waals surface area contributed by atoms with Gasteiger partial charge in [-0.15, -0.1) is 0 Å².